The molecule has 0 aliphatic carbocycles. The Bertz CT molecular complexity index is 675. The number of carbonyl (C=O) groups is 1. The maximum Gasteiger partial charge on any atom is 0.330 e. The fourth-order valence-corrected chi connectivity index (χ4v) is 7.60. The van der Waals surface area contributed by atoms with E-state index in [1.165, 1.54) is 6.08 Å². The summed E-state index contributed by atoms with van der Waals surface area (Å²) in [6.45, 7) is 12.7. The van der Waals surface area contributed by atoms with Gasteiger partial charge in [-0.2, -0.15) is 0 Å². The van der Waals surface area contributed by atoms with Crippen molar-refractivity contribution < 1.29 is 47.1 Å². The third kappa shape index (κ3) is 8.30. The number of methoxy groups -OCH3 is 2. The normalized spacial score (nSPS) is 30.3. The zero-order valence-corrected chi connectivity index (χ0v) is 24.2. The molecular weight excluding hydrogens is 488 g/mol. The van der Waals surface area contributed by atoms with E-state index in [9.17, 15) is 4.79 Å². The van der Waals surface area contributed by atoms with Crippen LogP contribution in [0.25, 0.3) is 0 Å². The highest BCUT2D eigenvalue weighted by atomic mass is 28.4. The summed E-state index contributed by atoms with van der Waals surface area (Å²) in [5.41, 5.74) is 0. The number of hydrogen-bond donors (Lipinski definition) is 0. The van der Waals surface area contributed by atoms with Gasteiger partial charge in [-0.05, 0) is 45.0 Å². The Kier molecular flexibility index (Phi) is 13.0. The van der Waals surface area contributed by atoms with E-state index in [0.717, 1.165) is 18.1 Å². The molecule has 11 heteroatoms. The lowest BCUT2D eigenvalue weighted by molar-refractivity contribution is -0.164. The summed E-state index contributed by atoms with van der Waals surface area (Å²) in [4.78, 5) is 12.0. The van der Waals surface area contributed by atoms with Gasteiger partial charge in [-0.25, -0.2) is 4.79 Å². The quantitative estimate of drug-likeness (QED) is 0.0963. The molecule has 0 aromatic heterocycles. The molecule has 0 radical (unpaired) electrons. The molecule has 36 heavy (non-hydrogen) atoms. The minimum Gasteiger partial charge on any atom is -0.463 e. The minimum atomic E-state index is -2.08. The number of carbonyl (C=O) groups excluding carboxylic acids is 1. The number of esters is 1. The Hall–Kier alpha value is -0.893. The lowest BCUT2D eigenvalue weighted by atomic mass is 10.00. The van der Waals surface area contributed by atoms with Crippen LogP contribution in [0.2, 0.25) is 18.1 Å². The van der Waals surface area contributed by atoms with Crippen molar-refractivity contribution in [2.75, 3.05) is 41.0 Å². The molecule has 0 spiro atoms. The molecule has 2 aliphatic rings. The molecule has 6 atom stereocenters. The molecule has 0 N–H and O–H groups in total. The summed E-state index contributed by atoms with van der Waals surface area (Å²) < 4.78 is 53.2. The summed E-state index contributed by atoms with van der Waals surface area (Å²) in [7, 11) is 1.06. The fraction of sp³-hybridized carbons (Fsp3) is 0.880. The standard InChI is InChI=1S/C25H46O10Si/c1-9-30-20(26)14-13-18-22(34-25(5,6)33-18)23-24(35-36(10-2,11-3)12-4)21(31-17-28-8)19(32-23)15-29-16-27-7/h13-14,18-19,21-24H,9-12,15-17H2,1-8H3/b14-13+/t18-,19+,21-,22-,23-,24-/m0/s1. The van der Waals surface area contributed by atoms with Gasteiger partial charge in [0.05, 0.1) is 13.2 Å². The van der Waals surface area contributed by atoms with Gasteiger partial charge in [0, 0.05) is 20.3 Å². The maximum absolute atomic E-state index is 12.0. The van der Waals surface area contributed by atoms with Crippen molar-refractivity contribution in [2.45, 2.75) is 102 Å². The molecule has 10 nitrogen and oxygen atoms in total. The molecular formula is C25H46O10Si. The van der Waals surface area contributed by atoms with Gasteiger partial charge in [0.1, 0.15) is 50.2 Å². The molecule has 0 aromatic rings. The summed E-state index contributed by atoms with van der Waals surface area (Å²) in [5.74, 6) is -1.32. The second-order valence-electron chi connectivity index (χ2n) is 9.46. The van der Waals surface area contributed by atoms with E-state index < -0.39 is 56.7 Å². The van der Waals surface area contributed by atoms with E-state index in [2.05, 4.69) is 20.8 Å². The highest BCUT2D eigenvalue weighted by molar-refractivity contribution is 6.73. The molecule has 0 aromatic carbocycles. The maximum atomic E-state index is 12.0. The number of hydrogen-bond acceptors (Lipinski definition) is 10. The van der Waals surface area contributed by atoms with Gasteiger partial charge < -0.3 is 42.3 Å². The van der Waals surface area contributed by atoms with E-state index in [1.807, 2.05) is 13.8 Å². The summed E-state index contributed by atoms with van der Waals surface area (Å²) in [6, 6.07) is 2.89. The van der Waals surface area contributed by atoms with E-state index in [-0.39, 0.29) is 20.2 Å². The van der Waals surface area contributed by atoms with E-state index in [1.54, 1.807) is 27.2 Å². The topological polar surface area (TPSA) is 100 Å². The Morgan fingerprint density at radius 3 is 2.19 bits per heavy atom. The number of rotatable bonds is 16. The summed E-state index contributed by atoms with van der Waals surface area (Å²) in [5, 5.41) is 0. The second-order valence-corrected chi connectivity index (χ2v) is 14.2. The predicted molar refractivity (Wildman–Crippen MR) is 135 cm³/mol. The van der Waals surface area contributed by atoms with Crippen LogP contribution < -0.4 is 0 Å². The van der Waals surface area contributed by atoms with Crippen LogP contribution in [0.1, 0.15) is 41.5 Å². The van der Waals surface area contributed by atoms with Crippen molar-refractivity contribution >= 4 is 14.3 Å². The Balaban J connectivity index is 2.42. The first-order chi connectivity index (χ1) is 17.2. The van der Waals surface area contributed by atoms with E-state index in [0.29, 0.717) is 6.61 Å². The largest absolute Gasteiger partial charge is 0.463 e. The lowest BCUT2D eigenvalue weighted by Gasteiger charge is -2.37. The van der Waals surface area contributed by atoms with Gasteiger partial charge in [-0.1, -0.05) is 20.8 Å². The number of ether oxygens (including phenoxy) is 8. The van der Waals surface area contributed by atoms with Crippen LogP contribution in [0.5, 0.6) is 0 Å². The Morgan fingerprint density at radius 2 is 1.61 bits per heavy atom. The third-order valence-electron chi connectivity index (χ3n) is 6.72. The van der Waals surface area contributed by atoms with Gasteiger partial charge >= 0.3 is 5.97 Å². The Labute approximate surface area is 216 Å². The van der Waals surface area contributed by atoms with Crippen molar-refractivity contribution in [1.82, 2.24) is 0 Å². The van der Waals surface area contributed by atoms with Crippen molar-refractivity contribution in [2.24, 2.45) is 0 Å². The van der Waals surface area contributed by atoms with Gasteiger partial charge in [0.25, 0.3) is 0 Å². The summed E-state index contributed by atoms with van der Waals surface area (Å²) in [6.07, 6.45) is 0.0776. The van der Waals surface area contributed by atoms with E-state index in [4.69, 9.17) is 42.3 Å². The average molecular weight is 535 g/mol. The molecule has 0 amide bonds. The van der Waals surface area contributed by atoms with Crippen molar-refractivity contribution in [3.05, 3.63) is 12.2 Å². The van der Waals surface area contributed by atoms with Crippen molar-refractivity contribution in [3.63, 3.8) is 0 Å². The molecule has 2 saturated heterocycles. The van der Waals surface area contributed by atoms with Crippen LogP contribution in [0.3, 0.4) is 0 Å². The monoisotopic (exact) mass is 534 g/mol. The lowest BCUT2D eigenvalue weighted by Crippen LogP contribution is -2.52. The molecule has 2 fully saturated rings. The van der Waals surface area contributed by atoms with E-state index >= 15 is 0 Å². The fourth-order valence-electron chi connectivity index (χ4n) is 4.76. The van der Waals surface area contributed by atoms with Crippen LogP contribution in [0.15, 0.2) is 12.2 Å². The van der Waals surface area contributed by atoms with Crippen LogP contribution in [-0.4, -0.2) is 97.7 Å². The van der Waals surface area contributed by atoms with Gasteiger partial charge in [-0.3, -0.25) is 0 Å². The zero-order valence-electron chi connectivity index (χ0n) is 23.2. The van der Waals surface area contributed by atoms with Crippen molar-refractivity contribution in [1.29, 1.82) is 0 Å². The minimum absolute atomic E-state index is 0.0834. The average Bonchev–Trinajstić information content (AvgIpc) is 3.35. The summed E-state index contributed by atoms with van der Waals surface area (Å²) >= 11 is 0. The first-order valence-corrected chi connectivity index (χ1v) is 15.4. The highest BCUT2D eigenvalue weighted by Crippen LogP contribution is 2.40. The molecule has 0 bridgehead atoms. The smallest absolute Gasteiger partial charge is 0.330 e. The van der Waals surface area contributed by atoms with Gasteiger partial charge in [0.2, 0.25) is 0 Å². The predicted octanol–water partition coefficient (Wildman–Crippen LogP) is 3.39. The van der Waals surface area contributed by atoms with Crippen molar-refractivity contribution in [3.8, 4) is 0 Å². The highest BCUT2D eigenvalue weighted by Gasteiger charge is 2.57. The van der Waals surface area contributed by atoms with Crippen LogP contribution in [0, 0.1) is 0 Å². The molecule has 2 aliphatic heterocycles. The molecule has 210 valence electrons. The molecule has 0 unspecified atom stereocenters. The van der Waals surface area contributed by atoms with Gasteiger partial charge in [-0.15, -0.1) is 0 Å². The SMILES string of the molecule is CCOC(=O)/C=C/[C@@H]1OC(C)(C)O[C@@H]1[C@@H]1O[C@H](COCOC)[C@H](OCOC)[C@@H]1O[Si](CC)(CC)CC. The molecule has 0 saturated carbocycles. The van der Waals surface area contributed by atoms with Gasteiger partial charge in [0.15, 0.2) is 14.1 Å². The van der Waals surface area contributed by atoms with Crippen LogP contribution in [0.4, 0.5) is 0 Å². The molecule has 2 heterocycles. The first kappa shape index (κ1) is 31.3. The first-order valence-electron chi connectivity index (χ1n) is 12.9. The third-order valence-corrected chi connectivity index (χ3v) is 11.4. The van der Waals surface area contributed by atoms with Crippen LogP contribution >= 0.6 is 0 Å². The second kappa shape index (κ2) is 14.9. The van der Waals surface area contributed by atoms with Crippen LogP contribution in [-0.2, 0) is 47.1 Å². The Morgan fingerprint density at radius 1 is 0.944 bits per heavy atom. The zero-order chi connectivity index (χ0) is 26.8. The molecule has 2 rings (SSSR count).